The van der Waals surface area contributed by atoms with Gasteiger partial charge in [0.1, 0.15) is 0 Å². The Labute approximate surface area is 135 Å². The first-order chi connectivity index (χ1) is 10.7. The molecule has 1 aromatic rings. The topological polar surface area (TPSA) is 67.4 Å². The Morgan fingerprint density at radius 2 is 1.95 bits per heavy atom. The van der Waals surface area contributed by atoms with E-state index in [1.807, 2.05) is 6.07 Å². The van der Waals surface area contributed by atoms with Crippen LogP contribution in [0.3, 0.4) is 0 Å². The normalized spacial score (nSPS) is 14.6. The van der Waals surface area contributed by atoms with Crippen molar-refractivity contribution < 1.29 is 14.3 Å². The first-order valence-electron chi connectivity index (χ1n) is 7.86. The van der Waals surface area contributed by atoms with Crippen LogP contribution >= 0.6 is 11.3 Å². The number of aryl methyl sites for hydroxylation is 2. The van der Waals surface area contributed by atoms with Gasteiger partial charge in [-0.25, -0.2) is 0 Å². The zero-order chi connectivity index (χ0) is 15.8. The molecule has 0 aliphatic heterocycles. The number of carbonyl (C=O) groups is 2. The molecular formula is C16H24N2O3S. The van der Waals surface area contributed by atoms with Crippen LogP contribution in [0.4, 0.5) is 0 Å². The lowest BCUT2D eigenvalue weighted by Crippen LogP contribution is -2.37. The Balaban J connectivity index is 1.84. The highest BCUT2D eigenvalue weighted by Crippen LogP contribution is 2.28. The number of thiophene rings is 1. The molecule has 1 aliphatic carbocycles. The summed E-state index contributed by atoms with van der Waals surface area (Å²) in [6.07, 6.45) is 7.10. The monoisotopic (exact) mass is 324 g/mol. The Morgan fingerprint density at radius 1 is 1.18 bits per heavy atom. The summed E-state index contributed by atoms with van der Waals surface area (Å²) in [6, 6.07) is 2.00. The molecule has 6 heteroatoms. The second-order valence-electron chi connectivity index (χ2n) is 5.50. The van der Waals surface area contributed by atoms with Crippen molar-refractivity contribution in [3.8, 4) is 0 Å². The predicted molar refractivity (Wildman–Crippen MR) is 87.4 cm³/mol. The molecule has 5 nitrogen and oxygen atoms in total. The fourth-order valence-corrected chi connectivity index (χ4v) is 3.73. The van der Waals surface area contributed by atoms with E-state index in [0.29, 0.717) is 13.2 Å². The van der Waals surface area contributed by atoms with E-state index in [2.05, 4.69) is 10.6 Å². The molecular weight excluding hydrogens is 300 g/mol. The third-order valence-electron chi connectivity index (χ3n) is 3.76. The van der Waals surface area contributed by atoms with Gasteiger partial charge in [0.15, 0.2) is 0 Å². The number of rotatable bonds is 6. The summed E-state index contributed by atoms with van der Waals surface area (Å²) in [7, 11) is 1.58. The summed E-state index contributed by atoms with van der Waals surface area (Å²) in [5, 5.41) is 5.37. The Bertz CT molecular complexity index is 488. The van der Waals surface area contributed by atoms with E-state index >= 15 is 0 Å². The van der Waals surface area contributed by atoms with Crippen molar-refractivity contribution >= 4 is 23.2 Å². The van der Waals surface area contributed by atoms with Gasteiger partial charge >= 0.3 is 0 Å². The van der Waals surface area contributed by atoms with E-state index < -0.39 is 0 Å². The van der Waals surface area contributed by atoms with Gasteiger partial charge in [0.2, 0.25) is 5.91 Å². The molecule has 0 saturated carbocycles. The van der Waals surface area contributed by atoms with Gasteiger partial charge < -0.3 is 15.4 Å². The van der Waals surface area contributed by atoms with Crippen LogP contribution in [0.15, 0.2) is 6.07 Å². The molecule has 22 heavy (non-hydrogen) atoms. The maximum Gasteiger partial charge on any atom is 0.261 e. The first kappa shape index (κ1) is 17.0. The molecule has 1 aromatic heterocycles. The number of amides is 2. The van der Waals surface area contributed by atoms with E-state index in [0.717, 1.165) is 17.7 Å². The summed E-state index contributed by atoms with van der Waals surface area (Å²) in [5.74, 6) is -0.348. The van der Waals surface area contributed by atoms with Gasteiger partial charge in [-0.15, -0.1) is 11.3 Å². The van der Waals surface area contributed by atoms with E-state index in [1.165, 1.54) is 36.1 Å². The van der Waals surface area contributed by atoms with Crippen LogP contribution in [0.5, 0.6) is 0 Å². The standard InChI is InChI=1S/C16H24N2O3S/c1-21-9-8-17-15(19)11-18-16(20)14-10-12-6-4-2-3-5-7-13(12)22-14/h10H,2-9,11H2,1H3,(H,17,19)(H,18,20). The smallest absolute Gasteiger partial charge is 0.261 e. The molecule has 0 bridgehead atoms. The minimum absolute atomic E-state index is 0.00507. The van der Waals surface area contributed by atoms with E-state index in [1.54, 1.807) is 18.4 Å². The molecule has 0 radical (unpaired) electrons. The van der Waals surface area contributed by atoms with Crippen LogP contribution in [0.2, 0.25) is 0 Å². The van der Waals surface area contributed by atoms with Crippen LogP contribution in [0.1, 0.15) is 45.8 Å². The molecule has 2 N–H and O–H groups in total. The quantitative estimate of drug-likeness (QED) is 0.785. The number of carbonyl (C=O) groups excluding carboxylic acids is 2. The third-order valence-corrected chi connectivity index (χ3v) is 4.99. The lowest BCUT2D eigenvalue weighted by molar-refractivity contribution is -0.120. The van der Waals surface area contributed by atoms with Gasteiger partial charge in [0.25, 0.3) is 5.91 Å². The number of nitrogens with one attached hydrogen (secondary N) is 2. The predicted octanol–water partition coefficient (Wildman–Crippen LogP) is 1.90. The first-order valence-corrected chi connectivity index (χ1v) is 8.68. The van der Waals surface area contributed by atoms with Gasteiger partial charge in [0, 0.05) is 18.5 Å². The average molecular weight is 324 g/mol. The Hall–Kier alpha value is -1.40. The van der Waals surface area contributed by atoms with Crippen molar-refractivity contribution in [1.82, 2.24) is 10.6 Å². The Kier molecular flexibility index (Phi) is 6.86. The number of hydrogen-bond acceptors (Lipinski definition) is 4. The van der Waals surface area contributed by atoms with E-state index in [-0.39, 0.29) is 18.4 Å². The van der Waals surface area contributed by atoms with Crippen molar-refractivity contribution in [2.75, 3.05) is 26.8 Å². The molecule has 0 fully saturated rings. The van der Waals surface area contributed by atoms with Crippen molar-refractivity contribution in [3.05, 3.63) is 21.4 Å². The fraction of sp³-hybridized carbons (Fsp3) is 0.625. The SMILES string of the molecule is COCCNC(=O)CNC(=O)c1cc2c(s1)CCCCCC2. The van der Waals surface area contributed by atoms with Crippen LogP contribution in [0.25, 0.3) is 0 Å². The molecule has 2 rings (SSSR count). The highest BCUT2D eigenvalue weighted by atomic mass is 32.1. The zero-order valence-corrected chi connectivity index (χ0v) is 13.9. The van der Waals surface area contributed by atoms with Gasteiger partial charge in [-0.05, 0) is 37.3 Å². The van der Waals surface area contributed by atoms with Crippen LogP contribution in [-0.4, -0.2) is 38.6 Å². The summed E-state index contributed by atoms with van der Waals surface area (Å²) in [5.41, 5.74) is 1.32. The van der Waals surface area contributed by atoms with E-state index in [4.69, 9.17) is 4.74 Å². The highest BCUT2D eigenvalue weighted by molar-refractivity contribution is 7.14. The van der Waals surface area contributed by atoms with Crippen molar-refractivity contribution in [2.45, 2.75) is 38.5 Å². The average Bonchev–Trinajstić information content (AvgIpc) is 2.87. The van der Waals surface area contributed by atoms with Crippen molar-refractivity contribution in [1.29, 1.82) is 0 Å². The van der Waals surface area contributed by atoms with Crippen LogP contribution < -0.4 is 10.6 Å². The van der Waals surface area contributed by atoms with E-state index in [9.17, 15) is 9.59 Å². The van der Waals surface area contributed by atoms with Gasteiger partial charge in [-0.1, -0.05) is 12.8 Å². The van der Waals surface area contributed by atoms with Gasteiger partial charge in [-0.3, -0.25) is 9.59 Å². The number of fused-ring (bicyclic) bond motifs is 1. The zero-order valence-electron chi connectivity index (χ0n) is 13.1. The number of methoxy groups -OCH3 is 1. The molecule has 2 amide bonds. The minimum atomic E-state index is -0.194. The Morgan fingerprint density at radius 3 is 2.73 bits per heavy atom. The molecule has 122 valence electrons. The lowest BCUT2D eigenvalue weighted by Gasteiger charge is -2.07. The molecule has 0 saturated heterocycles. The lowest BCUT2D eigenvalue weighted by atomic mass is 10.00. The van der Waals surface area contributed by atoms with Gasteiger partial charge in [0.05, 0.1) is 18.0 Å². The molecule has 0 spiro atoms. The molecule has 0 atom stereocenters. The number of ether oxygens (including phenoxy) is 1. The molecule has 0 aromatic carbocycles. The summed E-state index contributed by atoms with van der Waals surface area (Å²) < 4.78 is 4.85. The highest BCUT2D eigenvalue weighted by Gasteiger charge is 2.16. The maximum atomic E-state index is 12.2. The minimum Gasteiger partial charge on any atom is -0.383 e. The summed E-state index contributed by atoms with van der Waals surface area (Å²) in [6.45, 7) is 0.931. The molecule has 1 aliphatic rings. The third kappa shape index (κ3) is 5.10. The van der Waals surface area contributed by atoms with Crippen LogP contribution in [-0.2, 0) is 22.4 Å². The maximum absolute atomic E-state index is 12.2. The van der Waals surface area contributed by atoms with Crippen molar-refractivity contribution in [2.24, 2.45) is 0 Å². The van der Waals surface area contributed by atoms with Gasteiger partial charge in [-0.2, -0.15) is 0 Å². The van der Waals surface area contributed by atoms with Crippen LogP contribution in [0, 0.1) is 0 Å². The summed E-state index contributed by atoms with van der Waals surface area (Å²) in [4.78, 5) is 25.8. The summed E-state index contributed by atoms with van der Waals surface area (Å²) >= 11 is 1.58. The fourth-order valence-electron chi connectivity index (χ4n) is 2.56. The number of hydrogen-bond donors (Lipinski definition) is 2. The van der Waals surface area contributed by atoms with Crippen molar-refractivity contribution in [3.63, 3.8) is 0 Å². The second-order valence-corrected chi connectivity index (χ2v) is 6.64. The second kappa shape index (κ2) is 8.90. The molecule has 0 unspecified atom stereocenters. The molecule has 1 heterocycles. The largest absolute Gasteiger partial charge is 0.383 e.